The minimum Gasteiger partial charge on any atom is -0.382 e. The van der Waals surface area contributed by atoms with Crippen LogP contribution in [0.3, 0.4) is 0 Å². The Hall–Kier alpha value is -2.57. The van der Waals surface area contributed by atoms with Crippen LogP contribution in [0.25, 0.3) is 0 Å². The summed E-state index contributed by atoms with van der Waals surface area (Å²) in [5.41, 5.74) is 0.0866. The van der Waals surface area contributed by atoms with Crippen molar-refractivity contribution in [3.8, 4) is 0 Å². The van der Waals surface area contributed by atoms with E-state index in [0.29, 0.717) is 11.6 Å². The van der Waals surface area contributed by atoms with Crippen molar-refractivity contribution in [2.75, 3.05) is 11.9 Å². The first-order valence-corrected chi connectivity index (χ1v) is 6.09. The van der Waals surface area contributed by atoms with Gasteiger partial charge in [-0.05, 0) is 6.42 Å². The number of nitro groups is 1. The standard InChI is InChI=1S/C14H11F3N2O2/c15-10-7-11(16)14(17)12(8-10)18-6-5-9-3-1-2-4-13(9)19(20)21/h1-4,7-8,18H,5-6H2. The second-order valence-electron chi connectivity index (χ2n) is 4.31. The van der Waals surface area contributed by atoms with Gasteiger partial charge in [-0.2, -0.15) is 0 Å². The van der Waals surface area contributed by atoms with Gasteiger partial charge in [0.2, 0.25) is 0 Å². The number of hydrogen-bond acceptors (Lipinski definition) is 3. The second-order valence-corrected chi connectivity index (χ2v) is 4.31. The maximum atomic E-state index is 13.4. The number of rotatable bonds is 5. The van der Waals surface area contributed by atoms with Crippen LogP contribution >= 0.6 is 0 Å². The van der Waals surface area contributed by atoms with Gasteiger partial charge < -0.3 is 5.32 Å². The van der Waals surface area contributed by atoms with E-state index in [1.807, 2.05) is 0 Å². The number of anilines is 1. The van der Waals surface area contributed by atoms with Crippen LogP contribution in [0.15, 0.2) is 36.4 Å². The van der Waals surface area contributed by atoms with Crippen molar-refractivity contribution in [3.63, 3.8) is 0 Å². The normalized spacial score (nSPS) is 10.4. The largest absolute Gasteiger partial charge is 0.382 e. The van der Waals surface area contributed by atoms with Crippen LogP contribution in [0.5, 0.6) is 0 Å². The number of nitrogens with one attached hydrogen (secondary N) is 1. The third kappa shape index (κ3) is 3.50. The molecular formula is C14H11F3N2O2. The summed E-state index contributed by atoms with van der Waals surface area (Å²) < 4.78 is 39.4. The average Bonchev–Trinajstić information content (AvgIpc) is 2.44. The molecule has 4 nitrogen and oxygen atoms in total. The van der Waals surface area contributed by atoms with Gasteiger partial charge in [-0.1, -0.05) is 18.2 Å². The van der Waals surface area contributed by atoms with Crippen molar-refractivity contribution in [3.05, 3.63) is 69.5 Å². The smallest absolute Gasteiger partial charge is 0.272 e. The Morgan fingerprint density at radius 2 is 1.86 bits per heavy atom. The molecule has 0 fully saturated rings. The maximum absolute atomic E-state index is 13.4. The van der Waals surface area contributed by atoms with E-state index in [2.05, 4.69) is 5.32 Å². The lowest BCUT2D eigenvalue weighted by molar-refractivity contribution is -0.385. The van der Waals surface area contributed by atoms with Gasteiger partial charge in [0.05, 0.1) is 10.6 Å². The summed E-state index contributed by atoms with van der Waals surface area (Å²) in [5.74, 6) is -3.37. The molecule has 0 aliphatic carbocycles. The first-order valence-electron chi connectivity index (χ1n) is 6.09. The van der Waals surface area contributed by atoms with Crippen LogP contribution in [0.2, 0.25) is 0 Å². The summed E-state index contributed by atoms with van der Waals surface area (Å²) in [6, 6.07) is 7.39. The molecule has 0 amide bonds. The van der Waals surface area contributed by atoms with E-state index in [-0.39, 0.29) is 24.3 Å². The van der Waals surface area contributed by atoms with Crippen LogP contribution < -0.4 is 5.32 Å². The fourth-order valence-electron chi connectivity index (χ4n) is 1.92. The summed E-state index contributed by atoms with van der Waals surface area (Å²) in [7, 11) is 0. The van der Waals surface area contributed by atoms with Gasteiger partial charge in [-0.3, -0.25) is 10.1 Å². The van der Waals surface area contributed by atoms with E-state index in [9.17, 15) is 23.3 Å². The molecular weight excluding hydrogens is 285 g/mol. The van der Waals surface area contributed by atoms with E-state index in [1.165, 1.54) is 12.1 Å². The third-order valence-corrected chi connectivity index (χ3v) is 2.89. The number of nitrogens with zero attached hydrogens (tertiary/aromatic N) is 1. The highest BCUT2D eigenvalue weighted by Gasteiger charge is 2.13. The molecule has 2 aromatic rings. The van der Waals surface area contributed by atoms with Crippen LogP contribution in [0.1, 0.15) is 5.56 Å². The molecule has 0 atom stereocenters. The van der Waals surface area contributed by atoms with Gasteiger partial charge >= 0.3 is 0 Å². The molecule has 0 heterocycles. The fraction of sp³-hybridized carbons (Fsp3) is 0.143. The van der Waals surface area contributed by atoms with Crippen molar-refractivity contribution >= 4 is 11.4 Å². The molecule has 0 spiro atoms. The lowest BCUT2D eigenvalue weighted by Crippen LogP contribution is -2.09. The maximum Gasteiger partial charge on any atom is 0.272 e. The van der Waals surface area contributed by atoms with E-state index in [4.69, 9.17) is 0 Å². The highest BCUT2D eigenvalue weighted by molar-refractivity contribution is 5.46. The van der Waals surface area contributed by atoms with Gasteiger partial charge in [0.1, 0.15) is 5.82 Å². The van der Waals surface area contributed by atoms with Crippen LogP contribution in [0, 0.1) is 27.6 Å². The van der Waals surface area contributed by atoms with E-state index < -0.39 is 22.4 Å². The minimum absolute atomic E-state index is 0.0507. The lowest BCUT2D eigenvalue weighted by Gasteiger charge is -2.08. The van der Waals surface area contributed by atoms with E-state index in [1.54, 1.807) is 12.1 Å². The highest BCUT2D eigenvalue weighted by Crippen LogP contribution is 2.21. The predicted molar refractivity (Wildman–Crippen MR) is 71.6 cm³/mol. The SMILES string of the molecule is O=[N+]([O-])c1ccccc1CCNc1cc(F)cc(F)c1F. The summed E-state index contributed by atoms with van der Waals surface area (Å²) >= 11 is 0. The number of para-hydroxylation sites is 1. The van der Waals surface area contributed by atoms with Crippen LogP contribution in [-0.2, 0) is 6.42 Å². The number of halogens is 3. The molecule has 0 unspecified atom stereocenters. The second kappa shape index (κ2) is 6.25. The molecule has 0 bridgehead atoms. The van der Waals surface area contributed by atoms with Gasteiger partial charge in [-0.15, -0.1) is 0 Å². The molecule has 110 valence electrons. The van der Waals surface area contributed by atoms with Crippen molar-refractivity contribution in [2.24, 2.45) is 0 Å². The number of hydrogen-bond donors (Lipinski definition) is 1. The van der Waals surface area contributed by atoms with Crippen molar-refractivity contribution in [1.82, 2.24) is 0 Å². The Morgan fingerprint density at radius 1 is 1.14 bits per heavy atom. The van der Waals surface area contributed by atoms with Crippen molar-refractivity contribution in [1.29, 1.82) is 0 Å². The summed E-state index contributed by atoms with van der Waals surface area (Å²) in [6.45, 7) is 0.102. The molecule has 2 rings (SSSR count). The predicted octanol–water partition coefficient (Wildman–Crippen LogP) is 3.67. The van der Waals surface area contributed by atoms with Crippen LogP contribution in [-0.4, -0.2) is 11.5 Å². The Labute approximate surface area is 118 Å². The number of nitro benzene ring substituents is 1. The topological polar surface area (TPSA) is 55.2 Å². The molecule has 21 heavy (non-hydrogen) atoms. The molecule has 2 aromatic carbocycles. The van der Waals surface area contributed by atoms with Gasteiger partial charge in [0, 0.05) is 30.3 Å². The first-order chi connectivity index (χ1) is 9.99. The first kappa shape index (κ1) is 14.8. The molecule has 0 aliphatic heterocycles. The fourth-order valence-corrected chi connectivity index (χ4v) is 1.92. The Kier molecular flexibility index (Phi) is 4.42. The molecule has 0 aliphatic rings. The molecule has 0 radical (unpaired) electrons. The average molecular weight is 296 g/mol. The van der Waals surface area contributed by atoms with Gasteiger partial charge in [0.25, 0.3) is 5.69 Å². The van der Waals surface area contributed by atoms with Crippen LogP contribution in [0.4, 0.5) is 24.5 Å². The summed E-state index contributed by atoms with van der Waals surface area (Å²) in [6.07, 6.45) is 0.217. The molecule has 0 saturated heterocycles. The monoisotopic (exact) mass is 296 g/mol. The molecule has 1 N–H and O–H groups in total. The highest BCUT2D eigenvalue weighted by atomic mass is 19.2. The zero-order valence-corrected chi connectivity index (χ0v) is 10.8. The zero-order valence-electron chi connectivity index (χ0n) is 10.8. The quantitative estimate of drug-likeness (QED) is 0.520. The van der Waals surface area contributed by atoms with Crippen molar-refractivity contribution in [2.45, 2.75) is 6.42 Å². The third-order valence-electron chi connectivity index (χ3n) is 2.89. The Balaban J connectivity index is 2.07. The molecule has 7 heteroatoms. The lowest BCUT2D eigenvalue weighted by atomic mass is 10.1. The Morgan fingerprint density at radius 3 is 2.57 bits per heavy atom. The summed E-state index contributed by atoms with van der Waals surface area (Å²) in [4.78, 5) is 10.3. The van der Waals surface area contributed by atoms with E-state index >= 15 is 0 Å². The molecule has 0 aromatic heterocycles. The van der Waals surface area contributed by atoms with Crippen molar-refractivity contribution < 1.29 is 18.1 Å². The van der Waals surface area contributed by atoms with Gasteiger partial charge in [-0.25, -0.2) is 13.2 Å². The van der Waals surface area contributed by atoms with Gasteiger partial charge in [0.15, 0.2) is 11.6 Å². The minimum atomic E-state index is -1.29. The molecule has 0 saturated carbocycles. The summed E-state index contributed by atoms with van der Waals surface area (Å²) in [5, 5.41) is 13.4. The Bertz CT molecular complexity index is 677. The number of benzene rings is 2. The zero-order chi connectivity index (χ0) is 15.4. The van der Waals surface area contributed by atoms with E-state index in [0.717, 1.165) is 6.07 Å².